The highest BCUT2D eigenvalue weighted by Gasteiger charge is 2.20. The van der Waals surface area contributed by atoms with Gasteiger partial charge >= 0.3 is 0 Å². The van der Waals surface area contributed by atoms with Crippen LogP contribution in [0.1, 0.15) is 17.8 Å². The van der Waals surface area contributed by atoms with Crippen molar-refractivity contribution < 1.29 is 17.9 Å². The highest BCUT2D eigenvalue weighted by Crippen LogP contribution is 2.27. The van der Waals surface area contributed by atoms with Crippen LogP contribution in [0.4, 0.5) is 13.2 Å². The van der Waals surface area contributed by atoms with Crippen LogP contribution in [-0.4, -0.2) is 12.1 Å². The summed E-state index contributed by atoms with van der Waals surface area (Å²) >= 11 is 0. The van der Waals surface area contributed by atoms with Crippen LogP contribution in [0.25, 0.3) is 0 Å². The molecule has 1 aromatic rings. The first kappa shape index (κ1) is 11.3. The lowest BCUT2D eigenvalue weighted by atomic mass is 10.2. The fourth-order valence-corrected chi connectivity index (χ4v) is 1.04. The first-order valence-corrected chi connectivity index (χ1v) is 3.98. The monoisotopic (exact) mass is 216 g/mol. The molecule has 1 heterocycles. The summed E-state index contributed by atoms with van der Waals surface area (Å²) < 4.78 is 42.4. The summed E-state index contributed by atoms with van der Waals surface area (Å²) in [5, 5.41) is 8.37. The predicted molar refractivity (Wildman–Crippen MR) is 45.0 cm³/mol. The number of pyridine rings is 1. The molecule has 0 atom stereocenters. The average Bonchev–Trinajstić information content (AvgIpc) is 2.20. The standard InChI is InChI=1S/C9H7F3N2O/c1-15-6-4-5(2-3-13)14-8(7(6)10)9(11)12/h4,9H,2H2,1H3. The van der Waals surface area contributed by atoms with E-state index in [1.807, 2.05) is 0 Å². The molecule has 0 N–H and O–H groups in total. The van der Waals surface area contributed by atoms with Crippen molar-refractivity contribution in [2.24, 2.45) is 0 Å². The second kappa shape index (κ2) is 4.64. The van der Waals surface area contributed by atoms with Gasteiger partial charge in [0.15, 0.2) is 11.6 Å². The molecule has 0 fully saturated rings. The molecule has 3 nitrogen and oxygen atoms in total. The molecular formula is C9H7F3N2O. The van der Waals surface area contributed by atoms with Crippen LogP contribution >= 0.6 is 0 Å². The van der Waals surface area contributed by atoms with Crippen molar-refractivity contribution in [1.82, 2.24) is 4.98 Å². The van der Waals surface area contributed by atoms with Crippen molar-refractivity contribution in [3.05, 3.63) is 23.3 Å². The molecule has 15 heavy (non-hydrogen) atoms. The number of nitriles is 1. The third-order valence-electron chi connectivity index (χ3n) is 1.69. The Balaban J connectivity index is 3.26. The van der Waals surface area contributed by atoms with Crippen LogP contribution in [0.15, 0.2) is 6.07 Å². The third-order valence-corrected chi connectivity index (χ3v) is 1.69. The van der Waals surface area contributed by atoms with E-state index in [0.717, 1.165) is 13.2 Å². The molecule has 80 valence electrons. The average molecular weight is 216 g/mol. The van der Waals surface area contributed by atoms with Crippen LogP contribution in [0.3, 0.4) is 0 Å². The third kappa shape index (κ3) is 2.37. The van der Waals surface area contributed by atoms with Crippen molar-refractivity contribution in [2.75, 3.05) is 7.11 Å². The zero-order valence-electron chi connectivity index (χ0n) is 7.80. The Morgan fingerprint density at radius 2 is 2.27 bits per heavy atom. The Morgan fingerprint density at radius 1 is 1.60 bits per heavy atom. The maximum Gasteiger partial charge on any atom is 0.283 e. The maximum atomic E-state index is 13.2. The van der Waals surface area contributed by atoms with E-state index in [2.05, 4.69) is 9.72 Å². The molecule has 0 saturated heterocycles. The largest absolute Gasteiger partial charge is 0.494 e. The number of rotatable bonds is 3. The second-order valence-electron chi connectivity index (χ2n) is 2.65. The van der Waals surface area contributed by atoms with Crippen molar-refractivity contribution in [2.45, 2.75) is 12.8 Å². The van der Waals surface area contributed by atoms with E-state index in [4.69, 9.17) is 5.26 Å². The highest BCUT2D eigenvalue weighted by molar-refractivity contribution is 5.31. The molecule has 0 spiro atoms. The molecule has 0 bridgehead atoms. The first-order chi connectivity index (χ1) is 7.10. The molecule has 0 unspecified atom stereocenters. The molecule has 0 saturated carbocycles. The van der Waals surface area contributed by atoms with Gasteiger partial charge < -0.3 is 4.74 Å². The minimum Gasteiger partial charge on any atom is -0.494 e. The number of methoxy groups -OCH3 is 1. The Bertz CT molecular complexity index is 401. The van der Waals surface area contributed by atoms with Gasteiger partial charge in [0.05, 0.1) is 25.3 Å². The molecule has 0 aliphatic rings. The normalized spacial score (nSPS) is 10.1. The number of hydrogen-bond donors (Lipinski definition) is 0. The van der Waals surface area contributed by atoms with Crippen molar-refractivity contribution >= 4 is 0 Å². The summed E-state index contributed by atoms with van der Waals surface area (Å²) in [6, 6.07) is 2.86. The predicted octanol–water partition coefficient (Wildman–Crippen LogP) is 2.23. The van der Waals surface area contributed by atoms with E-state index < -0.39 is 17.9 Å². The van der Waals surface area contributed by atoms with Gasteiger partial charge in [-0.15, -0.1) is 0 Å². The topological polar surface area (TPSA) is 45.9 Å². The molecule has 0 amide bonds. The smallest absolute Gasteiger partial charge is 0.283 e. The van der Waals surface area contributed by atoms with E-state index >= 15 is 0 Å². The zero-order valence-corrected chi connectivity index (χ0v) is 7.80. The van der Waals surface area contributed by atoms with Gasteiger partial charge in [-0.25, -0.2) is 18.2 Å². The highest BCUT2D eigenvalue weighted by atomic mass is 19.3. The van der Waals surface area contributed by atoms with Gasteiger partial charge in [0, 0.05) is 6.07 Å². The van der Waals surface area contributed by atoms with Gasteiger partial charge in [0.25, 0.3) is 6.43 Å². The van der Waals surface area contributed by atoms with E-state index in [1.165, 1.54) is 0 Å². The zero-order chi connectivity index (χ0) is 11.4. The summed E-state index contributed by atoms with van der Waals surface area (Å²) in [7, 11) is 1.16. The van der Waals surface area contributed by atoms with Crippen LogP contribution < -0.4 is 4.74 Å². The molecule has 1 aromatic heterocycles. The van der Waals surface area contributed by atoms with Gasteiger partial charge in [-0.2, -0.15) is 5.26 Å². The Kier molecular flexibility index (Phi) is 3.50. The number of nitrogens with zero attached hydrogens (tertiary/aromatic N) is 2. The molecule has 0 radical (unpaired) electrons. The SMILES string of the molecule is COc1cc(CC#N)nc(C(F)F)c1F. The number of aromatic nitrogens is 1. The fraction of sp³-hybridized carbons (Fsp3) is 0.333. The molecule has 6 heteroatoms. The minimum absolute atomic E-state index is 0.0612. The molecule has 0 aliphatic heterocycles. The summed E-state index contributed by atoms with van der Waals surface area (Å²) in [5.41, 5.74) is -0.925. The summed E-state index contributed by atoms with van der Waals surface area (Å²) in [4.78, 5) is 3.34. The van der Waals surface area contributed by atoms with Gasteiger partial charge in [0.1, 0.15) is 5.69 Å². The lowest BCUT2D eigenvalue weighted by molar-refractivity contribution is 0.139. The Labute approximate surface area is 84.1 Å². The van der Waals surface area contributed by atoms with Crippen molar-refractivity contribution in [3.8, 4) is 11.8 Å². The first-order valence-electron chi connectivity index (χ1n) is 3.98. The van der Waals surface area contributed by atoms with Gasteiger partial charge in [-0.3, -0.25) is 0 Å². The van der Waals surface area contributed by atoms with Crippen molar-refractivity contribution in [1.29, 1.82) is 5.26 Å². The van der Waals surface area contributed by atoms with Crippen LogP contribution in [0.5, 0.6) is 5.75 Å². The number of ether oxygens (including phenoxy) is 1. The van der Waals surface area contributed by atoms with Gasteiger partial charge in [-0.05, 0) is 0 Å². The lowest BCUT2D eigenvalue weighted by Gasteiger charge is -2.07. The lowest BCUT2D eigenvalue weighted by Crippen LogP contribution is -2.03. The van der Waals surface area contributed by atoms with Crippen LogP contribution in [0, 0.1) is 17.1 Å². The van der Waals surface area contributed by atoms with E-state index in [-0.39, 0.29) is 17.9 Å². The Hall–Kier alpha value is -1.77. The number of alkyl halides is 2. The van der Waals surface area contributed by atoms with E-state index in [9.17, 15) is 13.2 Å². The van der Waals surface area contributed by atoms with Gasteiger partial charge in [0.2, 0.25) is 0 Å². The van der Waals surface area contributed by atoms with Gasteiger partial charge in [-0.1, -0.05) is 0 Å². The summed E-state index contributed by atoms with van der Waals surface area (Å²) in [6.45, 7) is 0. The van der Waals surface area contributed by atoms with Crippen LogP contribution in [-0.2, 0) is 6.42 Å². The molecule has 0 aromatic carbocycles. The molecule has 0 aliphatic carbocycles. The maximum absolute atomic E-state index is 13.2. The molecular weight excluding hydrogens is 209 g/mol. The summed E-state index contributed by atoms with van der Waals surface area (Å²) in [6.07, 6.45) is -3.20. The number of hydrogen-bond acceptors (Lipinski definition) is 3. The second-order valence-corrected chi connectivity index (χ2v) is 2.65. The summed E-state index contributed by atoms with van der Waals surface area (Å²) in [5.74, 6) is -1.51. The van der Waals surface area contributed by atoms with E-state index in [0.29, 0.717) is 0 Å². The van der Waals surface area contributed by atoms with Crippen molar-refractivity contribution in [3.63, 3.8) is 0 Å². The number of halogens is 3. The fourth-order valence-electron chi connectivity index (χ4n) is 1.04. The Morgan fingerprint density at radius 3 is 2.73 bits per heavy atom. The molecule has 1 rings (SSSR count). The minimum atomic E-state index is -3.03. The van der Waals surface area contributed by atoms with Crippen LogP contribution in [0.2, 0.25) is 0 Å². The quantitative estimate of drug-likeness (QED) is 0.778. The van der Waals surface area contributed by atoms with E-state index in [1.54, 1.807) is 6.07 Å².